The molecule has 1 aromatic heterocycles. The molecular weight excluding hydrogens is 266 g/mol. The molecule has 2 N–H and O–H groups in total. The summed E-state index contributed by atoms with van der Waals surface area (Å²) in [7, 11) is -0.0709. The van der Waals surface area contributed by atoms with Crippen LogP contribution in [0.15, 0.2) is 17.2 Å². The Balaban J connectivity index is 2.67. The summed E-state index contributed by atoms with van der Waals surface area (Å²) in [5, 5.41) is 2.97. The summed E-state index contributed by atoms with van der Waals surface area (Å²) in [5.41, 5.74) is 0.841. The second-order valence-corrected chi connectivity index (χ2v) is 6.68. The molecule has 0 aromatic carbocycles. The van der Waals surface area contributed by atoms with Gasteiger partial charge in [-0.1, -0.05) is 0 Å². The van der Waals surface area contributed by atoms with Crippen LogP contribution in [0.4, 0.5) is 0 Å². The molecule has 1 heterocycles. The quantitative estimate of drug-likeness (QED) is 0.741. The number of likely N-dealkylation sites (N-methyl/N-ethyl adjacent to an activating group) is 1. The Morgan fingerprint density at radius 2 is 2.16 bits per heavy atom. The number of hydrogen-bond acceptors (Lipinski definition) is 4. The van der Waals surface area contributed by atoms with Gasteiger partial charge in [-0.25, -0.2) is 8.42 Å². The molecule has 0 saturated carbocycles. The van der Waals surface area contributed by atoms with Gasteiger partial charge in [-0.3, -0.25) is 0 Å². The summed E-state index contributed by atoms with van der Waals surface area (Å²) < 4.78 is 31.2. The van der Waals surface area contributed by atoms with Gasteiger partial charge in [0.2, 0.25) is 10.0 Å². The van der Waals surface area contributed by atoms with Crippen molar-refractivity contribution >= 4 is 10.0 Å². The molecule has 7 heteroatoms. The predicted molar refractivity (Wildman–Crippen MR) is 74.5 cm³/mol. The molecule has 0 unspecified atom stereocenters. The Kier molecular flexibility index (Phi) is 5.99. The number of aromatic amines is 1. The van der Waals surface area contributed by atoms with Crippen LogP contribution >= 0.6 is 0 Å². The third kappa shape index (κ3) is 4.61. The summed E-state index contributed by atoms with van der Waals surface area (Å²) in [6.45, 7) is 5.18. The van der Waals surface area contributed by atoms with Gasteiger partial charge in [0.1, 0.15) is 0 Å². The van der Waals surface area contributed by atoms with Crippen molar-refractivity contribution in [1.82, 2.24) is 14.6 Å². The average molecular weight is 289 g/mol. The number of aromatic nitrogens is 1. The van der Waals surface area contributed by atoms with Crippen molar-refractivity contribution in [3.05, 3.63) is 18.0 Å². The molecule has 0 saturated heterocycles. The van der Waals surface area contributed by atoms with Crippen LogP contribution in [0.5, 0.6) is 0 Å². The molecule has 1 aromatic rings. The van der Waals surface area contributed by atoms with E-state index in [4.69, 9.17) is 4.74 Å². The van der Waals surface area contributed by atoms with E-state index < -0.39 is 10.0 Å². The van der Waals surface area contributed by atoms with E-state index in [2.05, 4.69) is 10.3 Å². The predicted octanol–water partition coefficient (Wildman–Crippen LogP) is 0.780. The van der Waals surface area contributed by atoms with Crippen LogP contribution in [-0.4, -0.2) is 51.1 Å². The smallest absolute Gasteiger partial charge is 0.244 e. The van der Waals surface area contributed by atoms with E-state index in [0.717, 1.165) is 5.69 Å². The lowest BCUT2D eigenvalue weighted by Crippen LogP contribution is -2.30. The number of ether oxygens (including phenoxy) is 1. The van der Waals surface area contributed by atoms with Crippen molar-refractivity contribution in [1.29, 1.82) is 0 Å². The fraction of sp³-hybridized carbons (Fsp3) is 0.667. The Labute approximate surface area is 115 Å². The van der Waals surface area contributed by atoms with Crippen LogP contribution in [0, 0.1) is 0 Å². The van der Waals surface area contributed by atoms with Crippen molar-refractivity contribution in [3.8, 4) is 0 Å². The minimum atomic E-state index is -3.44. The second kappa shape index (κ2) is 7.04. The SMILES string of the molecule is CNCc1cc(S(=O)(=O)N(C)CCOC(C)C)c[nH]1. The molecule has 19 heavy (non-hydrogen) atoms. The molecule has 110 valence electrons. The molecule has 0 atom stereocenters. The van der Waals surface area contributed by atoms with Crippen molar-refractivity contribution in [2.45, 2.75) is 31.4 Å². The molecule has 0 radical (unpaired) electrons. The van der Waals surface area contributed by atoms with Crippen molar-refractivity contribution in [2.24, 2.45) is 0 Å². The number of sulfonamides is 1. The molecule has 0 aliphatic rings. The first-order valence-electron chi connectivity index (χ1n) is 6.27. The number of rotatable bonds is 8. The van der Waals surface area contributed by atoms with Gasteiger partial charge in [0, 0.05) is 32.0 Å². The number of hydrogen-bond donors (Lipinski definition) is 2. The zero-order chi connectivity index (χ0) is 14.5. The molecule has 0 aliphatic carbocycles. The standard InChI is InChI=1S/C12H23N3O3S/c1-10(2)18-6-5-15(4)19(16,17)12-7-11(8-13-3)14-9-12/h7,9-10,13-14H,5-6,8H2,1-4H3. The minimum Gasteiger partial charge on any atom is -0.377 e. The molecule has 1 rings (SSSR count). The lowest BCUT2D eigenvalue weighted by Gasteiger charge is -2.17. The normalized spacial score (nSPS) is 12.5. The van der Waals surface area contributed by atoms with Crippen LogP contribution in [0.1, 0.15) is 19.5 Å². The summed E-state index contributed by atoms with van der Waals surface area (Å²) in [6, 6.07) is 1.64. The van der Waals surface area contributed by atoms with E-state index in [0.29, 0.717) is 19.7 Å². The molecule has 0 amide bonds. The van der Waals surface area contributed by atoms with Gasteiger partial charge in [0.25, 0.3) is 0 Å². The van der Waals surface area contributed by atoms with Crippen LogP contribution < -0.4 is 5.32 Å². The highest BCUT2D eigenvalue weighted by molar-refractivity contribution is 7.89. The maximum atomic E-state index is 12.3. The van der Waals surface area contributed by atoms with Gasteiger partial charge in [-0.15, -0.1) is 0 Å². The molecule has 0 spiro atoms. The summed E-state index contributed by atoms with van der Waals surface area (Å²) >= 11 is 0. The Morgan fingerprint density at radius 3 is 2.74 bits per heavy atom. The zero-order valence-electron chi connectivity index (χ0n) is 11.9. The lowest BCUT2D eigenvalue weighted by atomic mass is 10.4. The van der Waals surface area contributed by atoms with Crippen molar-refractivity contribution < 1.29 is 13.2 Å². The largest absolute Gasteiger partial charge is 0.377 e. The fourth-order valence-corrected chi connectivity index (χ4v) is 2.75. The van der Waals surface area contributed by atoms with Crippen LogP contribution in [0.25, 0.3) is 0 Å². The van der Waals surface area contributed by atoms with Gasteiger partial charge >= 0.3 is 0 Å². The minimum absolute atomic E-state index is 0.102. The summed E-state index contributed by atoms with van der Waals surface area (Å²) in [6.07, 6.45) is 1.62. The first-order valence-corrected chi connectivity index (χ1v) is 7.71. The van der Waals surface area contributed by atoms with Crippen LogP contribution in [0.2, 0.25) is 0 Å². The van der Waals surface area contributed by atoms with E-state index in [-0.39, 0.29) is 11.0 Å². The van der Waals surface area contributed by atoms with Gasteiger partial charge in [0.05, 0.1) is 17.6 Å². The Bertz CT molecular complexity index is 482. The van der Waals surface area contributed by atoms with E-state index in [1.807, 2.05) is 20.9 Å². The third-order valence-corrected chi connectivity index (χ3v) is 4.48. The van der Waals surface area contributed by atoms with E-state index in [1.54, 1.807) is 13.1 Å². The first kappa shape index (κ1) is 16.2. The highest BCUT2D eigenvalue weighted by Crippen LogP contribution is 2.15. The molecule has 0 fully saturated rings. The van der Waals surface area contributed by atoms with Crippen molar-refractivity contribution in [3.63, 3.8) is 0 Å². The van der Waals surface area contributed by atoms with E-state index in [1.165, 1.54) is 10.5 Å². The van der Waals surface area contributed by atoms with Crippen LogP contribution in [-0.2, 0) is 21.3 Å². The van der Waals surface area contributed by atoms with Gasteiger partial charge < -0.3 is 15.0 Å². The monoisotopic (exact) mass is 289 g/mol. The second-order valence-electron chi connectivity index (χ2n) is 4.64. The first-order chi connectivity index (χ1) is 8.87. The van der Waals surface area contributed by atoms with Gasteiger partial charge in [-0.2, -0.15) is 4.31 Å². The average Bonchev–Trinajstić information content (AvgIpc) is 2.78. The zero-order valence-corrected chi connectivity index (χ0v) is 12.8. The summed E-state index contributed by atoms with van der Waals surface area (Å²) in [4.78, 5) is 3.22. The van der Waals surface area contributed by atoms with Crippen LogP contribution in [0.3, 0.4) is 0 Å². The van der Waals surface area contributed by atoms with Gasteiger partial charge in [0.15, 0.2) is 0 Å². The summed E-state index contributed by atoms with van der Waals surface area (Å²) in [5.74, 6) is 0. The molecule has 0 aliphatic heterocycles. The lowest BCUT2D eigenvalue weighted by molar-refractivity contribution is 0.0737. The molecule has 6 nitrogen and oxygen atoms in total. The third-order valence-electron chi connectivity index (χ3n) is 2.65. The number of H-pyrrole nitrogens is 1. The Hall–Kier alpha value is -0.890. The highest BCUT2D eigenvalue weighted by Gasteiger charge is 2.21. The van der Waals surface area contributed by atoms with Gasteiger partial charge in [-0.05, 0) is 27.0 Å². The molecule has 0 bridgehead atoms. The Morgan fingerprint density at radius 1 is 1.47 bits per heavy atom. The fourth-order valence-electron chi connectivity index (χ4n) is 1.58. The topological polar surface area (TPSA) is 74.4 Å². The maximum Gasteiger partial charge on any atom is 0.244 e. The number of nitrogens with zero attached hydrogens (tertiary/aromatic N) is 1. The van der Waals surface area contributed by atoms with Crippen molar-refractivity contribution in [2.75, 3.05) is 27.2 Å². The maximum absolute atomic E-state index is 12.3. The molecular formula is C12H23N3O3S. The highest BCUT2D eigenvalue weighted by atomic mass is 32.2. The van der Waals surface area contributed by atoms with E-state index >= 15 is 0 Å². The number of nitrogens with one attached hydrogen (secondary N) is 2. The van der Waals surface area contributed by atoms with E-state index in [9.17, 15) is 8.42 Å².